The van der Waals surface area contributed by atoms with E-state index in [9.17, 15) is 4.79 Å². The van der Waals surface area contributed by atoms with Crippen LogP contribution in [-0.4, -0.2) is 26.1 Å². The van der Waals surface area contributed by atoms with Gasteiger partial charge in [0.2, 0.25) is 0 Å². The molecule has 72 valence electrons. The molecular formula is C6H9BrN4O2. The topological polar surface area (TPSA) is 94.0 Å². The quantitative estimate of drug-likeness (QED) is 0.789. The van der Waals surface area contributed by atoms with Crippen LogP contribution in [0.3, 0.4) is 0 Å². The Hall–Kier alpha value is -0.950. The third-order valence-electron chi connectivity index (χ3n) is 1.57. The van der Waals surface area contributed by atoms with Crippen molar-refractivity contribution in [2.45, 2.75) is 12.5 Å². The van der Waals surface area contributed by atoms with Crippen molar-refractivity contribution in [1.82, 2.24) is 15.0 Å². The molecule has 0 aliphatic rings. The van der Waals surface area contributed by atoms with Gasteiger partial charge in [-0.05, 0) is 15.9 Å². The number of nitrogens with two attached hydrogens (primary N) is 1. The SMILES string of the molecule is Cn1nnc(Br)c1[C@@H](N)CC(=O)O. The van der Waals surface area contributed by atoms with Crippen LogP contribution in [0, 0.1) is 0 Å². The molecule has 13 heavy (non-hydrogen) atoms. The molecule has 1 heterocycles. The van der Waals surface area contributed by atoms with Crippen molar-refractivity contribution >= 4 is 21.9 Å². The lowest BCUT2D eigenvalue weighted by molar-refractivity contribution is -0.137. The zero-order valence-electron chi connectivity index (χ0n) is 6.94. The minimum absolute atomic E-state index is 0.139. The average Bonchev–Trinajstić information content (AvgIpc) is 2.29. The van der Waals surface area contributed by atoms with Crippen LogP contribution in [0.15, 0.2) is 4.60 Å². The maximum absolute atomic E-state index is 10.4. The first kappa shape index (κ1) is 10.1. The van der Waals surface area contributed by atoms with Gasteiger partial charge < -0.3 is 10.8 Å². The fourth-order valence-electron chi connectivity index (χ4n) is 1.02. The first-order valence-corrected chi connectivity index (χ1v) is 4.34. The van der Waals surface area contributed by atoms with Gasteiger partial charge in [0.05, 0.1) is 18.2 Å². The molecule has 6 nitrogen and oxygen atoms in total. The number of hydrogen-bond acceptors (Lipinski definition) is 4. The zero-order chi connectivity index (χ0) is 10.0. The largest absolute Gasteiger partial charge is 0.481 e. The van der Waals surface area contributed by atoms with Crippen molar-refractivity contribution in [2.75, 3.05) is 0 Å². The maximum atomic E-state index is 10.4. The highest BCUT2D eigenvalue weighted by molar-refractivity contribution is 9.10. The molecule has 3 N–H and O–H groups in total. The van der Waals surface area contributed by atoms with Gasteiger partial charge >= 0.3 is 5.97 Å². The van der Waals surface area contributed by atoms with E-state index >= 15 is 0 Å². The van der Waals surface area contributed by atoms with Crippen molar-refractivity contribution in [3.8, 4) is 0 Å². The summed E-state index contributed by atoms with van der Waals surface area (Å²) >= 11 is 3.14. The second kappa shape index (κ2) is 3.84. The summed E-state index contributed by atoms with van der Waals surface area (Å²) in [5, 5.41) is 15.9. The van der Waals surface area contributed by atoms with Crippen LogP contribution in [-0.2, 0) is 11.8 Å². The lowest BCUT2D eigenvalue weighted by Gasteiger charge is -2.08. The molecule has 1 rings (SSSR count). The van der Waals surface area contributed by atoms with Crippen LogP contribution in [0.2, 0.25) is 0 Å². The van der Waals surface area contributed by atoms with Gasteiger partial charge in [-0.3, -0.25) is 4.79 Å². The van der Waals surface area contributed by atoms with E-state index in [-0.39, 0.29) is 6.42 Å². The summed E-state index contributed by atoms with van der Waals surface area (Å²) < 4.78 is 1.95. The van der Waals surface area contributed by atoms with E-state index in [1.807, 2.05) is 0 Å². The van der Waals surface area contributed by atoms with Crippen LogP contribution in [0.5, 0.6) is 0 Å². The second-order valence-corrected chi connectivity index (χ2v) is 3.34. The minimum atomic E-state index is -0.944. The first-order valence-electron chi connectivity index (χ1n) is 3.54. The number of carboxylic acid groups (broad SMARTS) is 1. The molecule has 7 heteroatoms. The molecule has 0 unspecified atom stereocenters. The van der Waals surface area contributed by atoms with E-state index in [1.165, 1.54) is 4.68 Å². The molecule has 1 aromatic rings. The number of nitrogens with zero attached hydrogens (tertiary/aromatic N) is 3. The molecule has 1 aromatic heterocycles. The van der Waals surface area contributed by atoms with Crippen molar-refractivity contribution in [2.24, 2.45) is 12.8 Å². The second-order valence-electron chi connectivity index (χ2n) is 2.59. The van der Waals surface area contributed by atoms with E-state index < -0.39 is 12.0 Å². The summed E-state index contributed by atoms with van der Waals surface area (Å²) in [5.74, 6) is -0.944. The molecule has 0 spiro atoms. The predicted octanol–water partition coefficient (Wildman–Crippen LogP) is 0.0521. The summed E-state index contributed by atoms with van der Waals surface area (Å²) in [6, 6.07) is -0.591. The third kappa shape index (κ3) is 2.25. The molecule has 0 fully saturated rings. The van der Waals surface area contributed by atoms with Crippen LogP contribution in [0.1, 0.15) is 18.2 Å². The molecule has 0 aliphatic carbocycles. The van der Waals surface area contributed by atoms with Crippen LogP contribution in [0.25, 0.3) is 0 Å². The summed E-state index contributed by atoms with van der Waals surface area (Å²) in [6.45, 7) is 0. The normalized spacial score (nSPS) is 12.8. The van der Waals surface area contributed by atoms with Gasteiger partial charge in [-0.25, -0.2) is 4.68 Å². The van der Waals surface area contributed by atoms with E-state index in [0.29, 0.717) is 10.3 Å². The number of aryl methyl sites for hydroxylation is 1. The first-order chi connectivity index (χ1) is 6.02. The van der Waals surface area contributed by atoms with E-state index in [4.69, 9.17) is 10.8 Å². The predicted molar refractivity (Wildman–Crippen MR) is 47.9 cm³/mol. The van der Waals surface area contributed by atoms with E-state index in [0.717, 1.165) is 0 Å². The molecule has 0 saturated heterocycles. The van der Waals surface area contributed by atoms with Gasteiger partial charge in [0.1, 0.15) is 0 Å². The van der Waals surface area contributed by atoms with Gasteiger partial charge in [0.15, 0.2) is 4.60 Å². The highest BCUT2D eigenvalue weighted by Crippen LogP contribution is 2.20. The van der Waals surface area contributed by atoms with Crippen LogP contribution < -0.4 is 5.73 Å². The summed E-state index contributed by atoms with van der Waals surface area (Å²) in [7, 11) is 1.66. The summed E-state index contributed by atoms with van der Waals surface area (Å²) in [4.78, 5) is 10.4. The highest BCUT2D eigenvalue weighted by atomic mass is 79.9. The lowest BCUT2D eigenvalue weighted by Crippen LogP contribution is -2.18. The van der Waals surface area contributed by atoms with Gasteiger partial charge in [-0.1, -0.05) is 5.21 Å². The van der Waals surface area contributed by atoms with Crippen molar-refractivity contribution in [3.63, 3.8) is 0 Å². The van der Waals surface area contributed by atoms with Crippen LogP contribution in [0.4, 0.5) is 0 Å². The van der Waals surface area contributed by atoms with Crippen LogP contribution >= 0.6 is 15.9 Å². The fourth-order valence-corrected chi connectivity index (χ4v) is 1.64. The van der Waals surface area contributed by atoms with Gasteiger partial charge in [0, 0.05) is 7.05 Å². The third-order valence-corrected chi connectivity index (χ3v) is 2.14. The number of aliphatic carboxylic acids is 1. The molecule has 0 radical (unpaired) electrons. The molecule has 0 amide bonds. The Balaban J connectivity index is 2.87. The fraction of sp³-hybridized carbons (Fsp3) is 0.500. The summed E-state index contributed by atoms with van der Waals surface area (Å²) in [5.41, 5.74) is 6.22. The van der Waals surface area contributed by atoms with Gasteiger partial charge in [-0.2, -0.15) is 0 Å². The number of carboxylic acids is 1. The van der Waals surface area contributed by atoms with Crippen molar-refractivity contribution in [1.29, 1.82) is 0 Å². The van der Waals surface area contributed by atoms with E-state index in [1.54, 1.807) is 7.05 Å². The summed E-state index contributed by atoms with van der Waals surface area (Å²) in [6.07, 6.45) is -0.139. The number of halogens is 1. The standard InChI is InChI=1S/C6H9BrN4O2/c1-11-5(6(7)9-10-11)3(8)2-4(12)13/h3H,2,8H2,1H3,(H,12,13)/t3-/m0/s1. The minimum Gasteiger partial charge on any atom is -0.481 e. The average molecular weight is 249 g/mol. The molecule has 0 aromatic carbocycles. The molecule has 1 atom stereocenters. The number of carbonyl (C=O) groups is 1. The Bertz CT molecular complexity index is 305. The Morgan fingerprint density at radius 1 is 1.85 bits per heavy atom. The number of rotatable bonds is 3. The zero-order valence-corrected chi connectivity index (χ0v) is 8.52. The molecule has 0 saturated carbocycles. The van der Waals surface area contributed by atoms with E-state index in [2.05, 4.69) is 26.2 Å². The molecule has 0 aliphatic heterocycles. The van der Waals surface area contributed by atoms with Gasteiger partial charge in [0.25, 0.3) is 0 Å². The van der Waals surface area contributed by atoms with Crippen molar-refractivity contribution < 1.29 is 9.90 Å². The van der Waals surface area contributed by atoms with Gasteiger partial charge in [-0.15, -0.1) is 5.10 Å². The Morgan fingerprint density at radius 2 is 2.46 bits per heavy atom. The Morgan fingerprint density at radius 3 is 2.85 bits per heavy atom. The number of aromatic nitrogens is 3. The Labute approximate surface area is 82.8 Å². The Kier molecular flexibility index (Phi) is 2.99. The maximum Gasteiger partial charge on any atom is 0.305 e. The lowest BCUT2D eigenvalue weighted by atomic mass is 10.2. The highest BCUT2D eigenvalue weighted by Gasteiger charge is 2.18. The smallest absolute Gasteiger partial charge is 0.305 e. The molecule has 0 bridgehead atoms. The number of hydrogen-bond donors (Lipinski definition) is 2. The van der Waals surface area contributed by atoms with Crippen molar-refractivity contribution in [3.05, 3.63) is 10.3 Å². The monoisotopic (exact) mass is 248 g/mol. The molecular weight excluding hydrogens is 240 g/mol.